The first-order valence-corrected chi connectivity index (χ1v) is 8.73. The molecule has 0 spiro atoms. The number of para-hydroxylation sites is 2. The summed E-state index contributed by atoms with van der Waals surface area (Å²) in [6.45, 7) is 0.0997. The van der Waals surface area contributed by atoms with Crippen molar-refractivity contribution in [2.24, 2.45) is 0 Å². The van der Waals surface area contributed by atoms with Gasteiger partial charge in [0.15, 0.2) is 11.5 Å². The normalized spacial score (nSPS) is 19.8. The molecule has 2 N–H and O–H groups in total. The molecule has 134 valence electrons. The lowest BCUT2D eigenvalue weighted by molar-refractivity contribution is -0.138. The molecule has 26 heavy (non-hydrogen) atoms. The third-order valence-electron chi connectivity index (χ3n) is 5.07. The minimum Gasteiger partial charge on any atom is -0.485 e. The summed E-state index contributed by atoms with van der Waals surface area (Å²) >= 11 is 0. The Hall–Kier alpha value is -3.02. The van der Waals surface area contributed by atoms with Crippen LogP contribution in [-0.2, 0) is 15.0 Å². The number of hydrogen-bond donors (Lipinski definition) is 2. The van der Waals surface area contributed by atoms with Crippen molar-refractivity contribution in [1.29, 1.82) is 0 Å². The maximum atomic E-state index is 12.7. The molecule has 1 atom stereocenters. The first-order valence-electron chi connectivity index (χ1n) is 8.73. The van der Waals surface area contributed by atoms with Gasteiger partial charge in [0, 0.05) is 0 Å². The molecule has 0 saturated heterocycles. The van der Waals surface area contributed by atoms with Gasteiger partial charge in [0.25, 0.3) is 5.91 Å². The second kappa shape index (κ2) is 6.71. The molecule has 2 aliphatic rings. The fourth-order valence-electron chi connectivity index (χ4n) is 3.40. The molecule has 1 aliphatic heterocycles. The zero-order valence-corrected chi connectivity index (χ0v) is 14.2. The van der Waals surface area contributed by atoms with Crippen LogP contribution in [0.5, 0.6) is 11.5 Å². The molecule has 6 heteroatoms. The molecule has 0 aromatic heterocycles. The number of nitrogens with one attached hydrogen (secondary N) is 2. The van der Waals surface area contributed by atoms with Gasteiger partial charge < -0.3 is 9.47 Å². The highest BCUT2D eigenvalue weighted by atomic mass is 16.6. The summed E-state index contributed by atoms with van der Waals surface area (Å²) in [6, 6.07) is 16.9. The molecule has 1 saturated carbocycles. The van der Waals surface area contributed by atoms with Crippen LogP contribution in [0.4, 0.5) is 0 Å². The van der Waals surface area contributed by atoms with Gasteiger partial charge in [-0.3, -0.25) is 20.4 Å². The van der Waals surface area contributed by atoms with Crippen LogP contribution in [0, 0.1) is 0 Å². The molecule has 6 nitrogen and oxygen atoms in total. The van der Waals surface area contributed by atoms with Crippen LogP contribution < -0.4 is 20.3 Å². The van der Waals surface area contributed by atoms with Crippen molar-refractivity contribution >= 4 is 11.8 Å². The lowest BCUT2D eigenvalue weighted by atomic mass is 9.64. The highest BCUT2D eigenvalue weighted by Crippen LogP contribution is 2.43. The number of carbonyl (C=O) groups excluding carboxylic acids is 2. The van der Waals surface area contributed by atoms with Crippen molar-refractivity contribution in [3.8, 4) is 11.5 Å². The average Bonchev–Trinajstić information content (AvgIpc) is 2.65. The summed E-state index contributed by atoms with van der Waals surface area (Å²) in [4.78, 5) is 25.1. The van der Waals surface area contributed by atoms with Crippen LogP contribution in [0.3, 0.4) is 0 Å². The van der Waals surface area contributed by atoms with E-state index in [1.54, 1.807) is 12.1 Å². The highest BCUT2D eigenvalue weighted by Gasteiger charge is 2.45. The Morgan fingerprint density at radius 1 is 0.923 bits per heavy atom. The average molecular weight is 352 g/mol. The van der Waals surface area contributed by atoms with Gasteiger partial charge in [0.2, 0.25) is 12.0 Å². The summed E-state index contributed by atoms with van der Waals surface area (Å²) in [5.74, 6) is 0.499. The molecule has 4 rings (SSSR count). The monoisotopic (exact) mass is 352 g/mol. The van der Waals surface area contributed by atoms with E-state index in [1.807, 2.05) is 42.5 Å². The van der Waals surface area contributed by atoms with Crippen LogP contribution in [0.2, 0.25) is 0 Å². The largest absolute Gasteiger partial charge is 0.485 e. The zero-order chi connectivity index (χ0) is 18.0. The van der Waals surface area contributed by atoms with Crippen molar-refractivity contribution in [3.05, 3.63) is 60.2 Å². The van der Waals surface area contributed by atoms with Gasteiger partial charge in [0.05, 0.1) is 5.41 Å². The Labute approximate surface area is 151 Å². The van der Waals surface area contributed by atoms with Crippen LogP contribution >= 0.6 is 0 Å². The Morgan fingerprint density at radius 2 is 1.62 bits per heavy atom. The highest BCUT2D eigenvalue weighted by molar-refractivity contribution is 5.91. The second-order valence-electron chi connectivity index (χ2n) is 6.61. The van der Waals surface area contributed by atoms with E-state index in [9.17, 15) is 9.59 Å². The first-order chi connectivity index (χ1) is 12.7. The lowest BCUT2D eigenvalue weighted by Gasteiger charge is -2.40. The zero-order valence-electron chi connectivity index (χ0n) is 14.2. The topological polar surface area (TPSA) is 76.7 Å². The molecule has 1 aliphatic carbocycles. The van der Waals surface area contributed by atoms with E-state index in [1.165, 1.54) is 0 Å². The third kappa shape index (κ3) is 2.87. The summed E-state index contributed by atoms with van der Waals surface area (Å²) in [5, 5.41) is 0. The van der Waals surface area contributed by atoms with Gasteiger partial charge in [-0.25, -0.2) is 0 Å². The summed E-state index contributed by atoms with van der Waals surface area (Å²) in [7, 11) is 0. The Kier molecular flexibility index (Phi) is 4.24. The molecule has 2 amide bonds. The van der Waals surface area contributed by atoms with E-state index in [2.05, 4.69) is 10.9 Å². The number of rotatable bonds is 3. The second-order valence-corrected chi connectivity index (χ2v) is 6.61. The molecule has 2 aromatic rings. The van der Waals surface area contributed by atoms with Gasteiger partial charge in [-0.15, -0.1) is 0 Å². The number of carbonyl (C=O) groups is 2. The molecular formula is C20H20N2O4. The number of hydrazine groups is 1. The predicted octanol–water partition coefficient (Wildman–Crippen LogP) is 2.10. The van der Waals surface area contributed by atoms with Gasteiger partial charge in [-0.05, 0) is 30.5 Å². The maximum absolute atomic E-state index is 12.7. The Morgan fingerprint density at radius 3 is 2.31 bits per heavy atom. The number of amides is 2. The van der Waals surface area contributed by atoms with Crippen LogP contribution in [0.1, 0.15) is 24.8 Å². The number of benzene rings is 2. The fourth-order valence-corrected chi connectivity index (χ4v) is 3.40. The molecule has 0 radical (unpaired) electrons. The number of fused-ring (bicyclic) bond motifs is 1. The van der Waals surface area contributed by atoms with E-state index in [4.69, 9.17) is 9.47 Å². The van der Waals surface area contributed by atoms with E-state index in [0.717, 1.165) is 24.8 Å². The SMILES string of the molecule is O=C(NNC(=O)C1(c2ccccc2)CCC1)[C@@H]1COc2ccccc2O1. The van der Waals surface area contributed by atoms with Gasteiger partial charge in [-0.1, -0.05) is 48.9 Å². The van der Waals surface area contributed by atoms with Gasteiger partial charge in [-0.2, -0.15) is 0 Å². The van der Waals surface area contributed by atoms with E-state index < -0.39 is 17.4 Å². The summed E-state index contributed by atoms with van der Waals surface area (Å²) in [6.07, 6.45) is 1.73. The molecular weight excluding hydrogens is 332 g/mol. The van der Waals surface area contributed by atoms with Crippen molar-refractivity contribution in [2.45, 2.75) is 30.8 Å². The molecule has 2 aromatic carbocycles. The molecule has 1 heterocycles. The van der Waals surface area contributed by atoms with Crippen LogP contribution in [0.25, 0.3) is 0 Å². The summed E-state index contributed by atoms with van der Waals surface area (Å²) in [5.41, 5.74) is 5.47. The Balaban J connectivity index is 1.38. The van der Waals surface area contributed by atoms with Gasteiger partial charge >= 0.3 is 0 Å². The summed E-state index contributed by atoms with van der Waals surface area (Å²) < 4.78 is 11.2. The van der Waals surface area contributed by atoms with Crippen LogP contribution in [0.15, 0.2) is 54.6 Å². The smallest absolute Gasteiger partial charge is 0.283 e. The minimum atomic E-state index is -0.806. The predicted molar refractivity (Wildman–Crippen MR) is 94.6 cm³/mol. The maximum Gasteiger partial charge on any atom is 0.283 e. The van der Waals surface area contributed by atoms with E-state index in [0.29, 0.717) is 11.5 Å². The van der Waals surface area contributed by atoms with E-state index >= 15 is 0 Å². The molecule has 0 bridgehead atoms. The quantitative estimate of drug-likeness (QED) is 0.830. The minimum absolute atomic E-state index is 0.0997. The number of ether oxygens (including phenoxy) is 2. The van der Waals surface area contributed by atoms with Crippen molar-refractivity contribution in [2.75, 3.05) is 6.61 Å². The lowest BCUT2D eigenvalue weighted by Crippen LogP contribution is -2.57. The first kappa shape index (κ1) is 16.4. The molecule has 0 unspecified atom stereocenters. The Bertz CT molecular complexity index is 818. The van der Waals surface area contributed by atoms with Gasteiger partial charge in [0.1, 0.15) is 6.61 Å². The molecule has 1 fully saturated rings. The standard InChI is InChI=1S/C20H20N2O4/c23-18(17-13-25-15-9-4-5-10-16(15)26-17)21-22-19(24)20(11-6-12-20)14-7-2-1-3-8-14/h1-5,7-10,17H,6,11-13H2,(H,21,23)(H,22,24)/t17-/m0/s1. The fraction of sp³-hybridized carbons (Fsp3) is 0.300. The third-order valence-corrected chi connectivity index (χ3v) is 5.07. The van der Waals surface area contributed by atoms with Crippen LogP contribution in [-0.4, -0.2) is 24.5 Å². The number of hydrogen-bond acceptors (Lipinski definition) is 4. The van der Waals surface area contributed by atoms with Crippen molar-refractivity contribution < 1.29 is 19.1 Å². The van der Waals surface area contributed by atoms with Crippen molar-refractivity contribution in [3.63, 3.8) is 0 Å². The van der Waals surface area contributed by atoms with E-state index in [-0.39, 0.29) is 12.5 Å². The van der Waals surface area contributed by atoms with Crippen molar-refractivity contribution in [1.82, 2.24) is 10.9 Å².